The first-order chi connectivity index (χ1) is 10.9. The van der Waals surface area contributed by atoms with Gasteiger partial charge in [-0.05, 0) is 36.5 Å². The molecule has 2 unspecified atom stereocenters. The Labute approximate surface area is 131 Å². The van der Waals surface area contributed by atoms with Crippen LogP contribution in [-0.2, 0) is 6.61 Å². The Morgan fingerprint density at radius 3 is 2.64 bits per heavy atom. The molecule has 2 aromatic rings. The summed E-state index contributed by atoms with van der Waals surface area (Å²) < 4.78 is 6.11. The van der Waals surface area contributed by atoms with Crippen LogP contribution in [0.4, 0.5) is 0 Å². The maximum Gasteiger partial charge on any atom is 0.127 e. The summed E-state index contributed by atoms with van der Waals surface area (Å²) in [5, 5.41) is 3.65. The van der Waals surface area contributed by atoms with E-state index in [0.29, 0.717) is 18.7 Å². The zero-order chi connectivity index (χ0) is 14.8. The summed E-state index contributed by atoms with van der Waals surface area (Å²) in [6, 6.07) is 20.0. The maximum atomic E-state index is 6.11. The van der Waals surface area contributed by atoms with Crippen molar-refractivity contribution in [2.45, 2.75) is 38.0 Å². The second kappa shape index (κ2) is 5.98. The van der Waals surface area contributed by atoms with E-state index < -0.39 is 0 Å². The molecular weight excluding hydrogens is 270 g/mol. The Balaban J connectivity index is 1.56. The van der Waals surface area contributed by atoms with E-state index in [2.05, 4.69) is 59.9 Å². The SMILES string of the molecule is C1=C(c2ccccc2OCc2ccccc2)CC2CCC1N2. The van der Waals surface area contributed by atoms with Crippen molar-refractivity contribution >= 4 is 5.57 Å². The quantitative estimate of drug-likeness (QED) is 0.912. The number of hydrogen-bond donors (Lipinski definition) is 1. The van der Waals surface area contributed by atoms with Crippen LogP contribution in [0.1, 0.15) is 30.4 Å². The fourth-order valence-corrected chi connectivity index (χ4v) is 3.51. The molecule has 112 valence electrons. The van der Waals surface area contributed by atoms with Gasteiger partial charge in [0.1, 0.15) is 12.4 Å². The van der Waals surface area contributed by atoms with Crippen LogP contribution in [-0.4, -0.2) is 12.1 Å². The smallest absolute Gasteiger partial charge is 0.127 e. The predicted octanol–water partition coefficient (Wildman–Crippen LogP) is 4.17. The average Bonchev–Trinajstić information content (AvgIpc) is 2.92. The lowest BCUT2D eigenvalue weighted by atomic mass is 9.95. The third-order valence-electron chi connectivity index (χ3n) is 4.61. The van der Waals surface area contributed by atoms with E-state index in [-0.39, 0.29) is 0 Å². The van der Waals surface area contributed by atoms with Crippen LogP contribution in [0.25, 0.3) is 5.57 Å². The van der Waals surface area contributed by atoms with Gasteiger partial charge in [0, 0.05) is 17.6 Å². The monoisotopic (exact) mass is 291 g/mol. The first-order valence-corrected chi connectivity index (χ1v) is 8.11. The predicted molar refractivity (Wildman–Crippen MR) is 89.8 cm³/mol. The normalized spacial score (nSPS) is 23.2. The molecule has 0 aromatic heterocycles. The maximum absolute atomic E-state index is 6.11. The van der Waals surface area contributed by atoms with Crippen molar-refractivity contribution in [3.63, 3.8) is 0 Å². The van der Waals surface area contributed by atoms with Crippen molar-refractivity contribution in [1.82, 2.24) is 5.32 Å². The lowest BCUT2D eigenvalue weighted by Gasteiger charge is -2.23. The Bertz CT molecular complexity index is 677. The minimum Gasteiger partial charge on any atom is -0.488 e. The summed E-state index contributed by atoms with van der Waals surface area (Å²) >= 11 is 0. The van der Waals surface area contributed by atoms with Gasteiger partial charge in [-0.2, -0.15) is 0 Å². The number of para-hydroxylation sites is 1. The molecule has 0 amide bonds. The third-order valence-corrected chi connectivity index (χ3v) is 4.61. The highest BCUT2D eigenvalue weighted by Crippen LogP contribution is 2.36. The fourth-order valence-electron chi connectivity index (χ4n) is 3.51. The van der Waals surface area contributed by atoms with Gasteiger partial charge in [-0.25, -0.2) is 0 Å². The number of hydrogen-bond acceptors (Lipinski definition) is 2. The molecule has 0 saturated carbocycles. The Hall–Kier alpha value is -2.06. The van der Waals surface area contributed by atoms with Gasteiger partial charge in [0.05, 0.1) is 0 Å². The summed E-state index contributed by atoms with van der Waals surface area (Å²) in [7, 11) is 0. The lowest BCUT2D eigenvalue weighted by Crippen LogP contribution is -2.32. The molecule has 2 heterocycles. The first kappa shape index (κ1) is 13.6. The Morgan fingerprint density at radius 2 is 1.77 bits per heavy atom. The summed E-state index contributed by atoms with van der Waals surface area (Å²) in [6.07, 6.45) is 6.06. The second-order valence-corrected chi connectivity index (χ2v) is 6.21. The highest BCUT2D eigenvalue weighted by atomic mass is 16.5. The van der Waals surface area contributed by atoms with Gasteiger partial charge in [-0.15, -0.1) is 0 Å². The van der Waals surface area contributed by atoms with E-state index >= 15 is 0 Å². The largest absolute Gasteiger partial charge is 0.488 e. The molecule has 1 fully saturated rings. The number of nitrogens with one attached hydrogen (secondary N) is 1. The van der Waals surface area contributed by atoms with Gasteiger partial charge < -0.3 is 10.1 Å². The minimum absolute atomic E-state index is 0.552. The molecule has 0 spiro atoms. The van der Waals surface area contributed by atoms with Gasteiger partial charge in [0.25, 0.3) is 0 Å². The van der Waals surface area contributed by atoms with Gasteiger partial charge in [-0.3, -0.25) is 0 Å². The molecular formula is C20H21NO. The fraction of sp³-hybridized carbons (Fsp3) is 0.300. The van der Waals surface area contributed by atoms with Crippen molar-refractivity contribution in [2.75, 3.05) is 0 Å². The molecule has 1 N–H and O–H groups in total. The van der Waals surface area contributed by atoms with Crippen LogP contribution in [0, 0.1) is 0 Å². The van der Waals surface area contributed by atoms with Gasteiger partial charge in [0.15, 0.2) is 0 Å². The molecule has 22 heavy (non-hydrogen) atoms. The van der Waals surface area contributed by atoms with E-state index in [4.69, 9.17) is 4.74 Å². The number of fused-ring (bicyclic) bond motifs is 2. The highest BCUT2D eigenvalue weighted by molar-refractivity contribution is 5.72. The molecule has 2 bridgehead atoms. The van der Waals surface area contributed by atoms with E-state index in [9.17, 15) is 0 Å². The summed E-state index contributed by atoms with van der Waals surface area (Å²) in [4.78, 5) is 0. The van der Waals surface area contributed by atoms with Crippen LogP contribution in [0.15, 0.2) is 60.7 Å². The lowest BCUT2D eigenvalue weighted by molar-refractivity contribution is 0.305. The van der Waals surface area contributed by atoms with Crippen LogP contribution in [0.5, 0.6) is 5.75 Å². The molecule has 2 aliphatic rings. The van der Waals surface area contributed by atoms with Crippen molar-refractivity contribution in [3.8, 4) is 5.75 Å². The molecule has 1 saturated heterocycles. The zero-order valence-electron chi connectivity index (χ0n) is 12.7. The summed E-state index contributed by atoms with van der Waals surface area (Å²) in [6.45, 7) is 0.621. The highest BCUT2D eigenvalue weighted by Gasteiger charge is 2.29. The van der Waals surface area contributed by atoms with E-state index in [1.807, 2.05) is 6.07 Å². The van der Waals surface area contributed by atoms with Gasteiger partial charge >= 0.3 is 0 Å². The van der Waals surface area contributed by atoms with Crippen LogP contribution < -0.4 is 10.1 Å². The molecule has 2 nitrogen and oxygen atoms in total. The second-order valence-electron chi connectivity index (χ2n) is 6.21. The molecule has 4 rings (SSSR count). The minimum atomic E-state index is 0.552. The number of ether oxygens (including phenoxy) is 1. The Kier molecular flexibility index (Phi) is 3.69. The molecule has 2 aromatic carbocycles. The molecule has 0 aliphatic carbocycles. The molecule has 0 radical (unpaired) electrons. The Morgan fingerprint density at radius 1 is 0.955 bits per heavy atom. The summed E-state index contributed by atoms with van der Waals surface area (Å²) in [5.41, 5.74) is 3.91. The average molecular weight is 291 g/mol. The number of benzene rings is 2. The van der Waals surface area contributed by atoms with Crippen LogP contribution in [0.2, 0.25) is 0 Å². The summed E-state index contributed by atoms with van der Waals surface area (Å²) in [5.74, 6) is 0.999. The molecule has 2 aliphatic heterocycles. The van der Waals surface area contributed by atoms with E-state index in [1.165, 1.54) is 29.5 Å². The van der Waals surface area contributed by atoms with Crippen molar-refractivity contribution in [2.24, 2.45) is 0 Å². The van der Waals surface area contributed by atoms with E-state index in [0.717, 1.165) is 12.2 Å². The standard InChI is InChI=1S/C20H21NO/c1-2-6-15(7-3-1)14-22-20-9-5-4-8-19(20)16-12-17-10-11-18(13-16)21-17/h1-9,12,17-18,21H,10-11,13-14H2. The molecule has 2 atom stereocenters. The van der Waals surface area contributed by atoms with E-state index in [1.54, 1.807) is 0 Å². The first-order valence-electron chi connectivity index (χ1n) is 8.11. The topological polar surface area (TPSA) is 21.3 Å². The van der Waals surface area contributed by atoms with Gasteiger partial charge in [0.2, 0.25) is 0 Å². The molecule has 2 heteroatoms. The van der Waals surface area contributed by atoms with Crippen molar-refractivity contribution in [1.29, 1.82) is 0 Å². The zero-order valence-corrected chi connectivity index (χ0v) is 12.7. The van der Waals surface area contributed by atoms with Crippen molar-refractivity contribution in [3.05, 3.63) is 71.8 Å². The van der Waals surface area contributed by atoms with Crippen LogP contribution >= 0.6 is 0 Å². The van der Waals surface area contributed by atoms with Gasteiger partial charge in [-0.1, -0.05) is 54.6 Å². The van der Waals surface area contributed by atoms with Crippen LogP contribution in [0.3, 0.4) is 0 Å². The third kappa shape index (κ3) is 2.79. The number of rotatable bonds is 4. The van der Waals surface area contributed by atoms with Crippen molar-refractivity contribution < 1.29 is 4.74 Å².